The normalized spacial score (nSPS) is 12.1. The number of furan rings is 3. The van der Waals surface area contributed by atoms with Gasteiger partial charge in [-0.15, -0.1) is 0 Å². The Kier molecular flexibility index (Phi) is 18.1. The summed E-state index contributed by atoms with van der Waals surface area (Å²) in [7, 11) is 0. The summed E-state index contributed by atoms with van der Waals surface area (Å²) in [5.41, 5.74) is 41.1. The molecule has 0 saturated carbocycles. The van der Waals surface area contributed by atoms with Crippen molar-refractivity contribution in [3.8, 4) is 83.8 Å². The SMILES string of the molecule is c1ccc(N(c2ccc(-n3c4cccc5c4c4c6c(cccc6ccc43)-c3ccccc3-5)cc2)c2ccc3c(c2)oc2ccccc23)cc1.c1ccc(N(c2cccc(-n3c4cccc5c4c4c6c(cccc6ccc43)-c3ccccc3-5)c2)c2ccc3c(c2)oc2ccccc23)cc1.c1ccc(N(c2cccc(-n3c4cccc5c4c4c6c(cccc6ccc43)-c3ccccc3-5)c2)c2ccc3oc4ccccc4c3c2)cc1. The Morgan fingerprint density at radius 3 is 0.769 bits per heavy atom. The Balaban J connectivity index is 0.0000000999. The van der Waals surface area contributed by atoms with Gasteiger partial charge in [-0.3, -0.25) is 0 Å². The van der Waals surface area contributed by atoms with Crippen LogP contribution in [-0.2, 0) is 0 Å². The van der Waals surface area contributed by atoms with Crippen molar-refractivity contribution in [3.63, 3.8) is 0 Å². The van der Waals surface area contributed by atoms with E-state index in [4.69, 9.17) is 13.3 Å². The van der Waals surface area contributed by atoms with Crippen molar-refractivity contribution in [3.05, 3.63) is 510 Å². The molecule has 3 aliphatic rings. The molecule has 24 aromatic carbocycles. The van der Waals surface area contributed by atoms with Gasteiger partial charge in [-0.05, 0) is 293 Å². The molecule has 3 aliphatic carbocycles. The molecule has 147 heavy (non-hydrogen) atoms. The second-order valence-corrected chi connectivity index (χ2v) is 38.7. The molecule has 0 fully saturated rings. The highest BCUT2D eigenvalue weighted by molar-refractivity contribution is 6.34. The molecule has 33 rings (SSSR count). The minimum atomic E-state index is 0.878. The Bertz CT molecular complexity index is 10700. The molecule has 0 N–H and O–H groups in total. The molecule has 6 heterocycles. The predicted octanol–water partition coefficient (Wildman–Crippen LogP) is 38.9. The molecule has 0 unspecified atom stereocenters. The van der Waals surface area contributed by atoms with Gasteiger partial charge in [0.2, 0.25) is 0 Å². The van der Waals surface area contributed by atoms with Crippen LogP contribution in [0.15, 0.2) is 523 Å². The molecule has 9 nitrogen and oxygen atoms in total. The summed E-state index contributed by atoms with van der Waals surface area (Å²) >= 11 is 0. The lowest BCUT2D eigenvalue weighted by molar-refractivity contribution is 0.668. The van der Waals surface area contributed by atoms with Crippen molar-refractivity contribution in [2.45, 2.75) is 0 Å². The van der Waals surface area contributed by atoms with Gasteiger partial charge in [-0.25, -0.2) is 0 Å². The fourth-order valence-corrected chi connectivity index (χ4v) is 24.7. The van der Waals surface area contributed by atoms with Crippen LogP contribution in [0.2, 0.25) is 0 Å². The van der Waals surface area contributed by atoms with Crippen LogP contribution in [0.5, 0.6) is 0 Å². The van der Waals surface area contributed by atoms with E-state index in [-0.39, 0.29) is 0 Å². The number of anilines is 9. The summed E-state index contributed by atoms with van der Waals surface area (Å²) < 4.78 is 26.2. The Morgan fingerprint density at radius 2 is 0.381 bits per heavy atom. The lowest BCUT2D eigenvalue weighted by Gasteiger charge is -2.26. The molecule has 9 heteroatoms. The topological polar surface area (TPSA) is 63.9 Å². The van der Waals surface area contributed by atoms with Gasteiger partial charge in [0.25, 0.3) is 0 Å². The highest BCUT2D eigenvalue weighted by Gasteiger charge is 2.32. The molecule has 0 spiro atoms. The highest BCUT2D eigenvalue weighted by atomic mass is 16.3. The number of hydrogen-bond donors (Lipinski definition) is 0. The first-order chi connectivity index (χ1) is 72.9. The van der Waals surface area contributed by atoms with Crippen molar-refractivity contribution in [1.29, 1.82) is 0 Å². The third-order valence-electron chi connectivity index (χ3n) is 30.9. The maximum absolute atomic E-state index is 6.35. The van der Waals surface area contributed by atoms with Crippen molar-refractivity contribution >= 4 is 215 Å². The van der Waals surface area contributed by atoms with Crippen molar-refractivity contribution in [2.24, 2.45) is 0 Å². The molecule has 0 aliphatic heterocycles. The van der Waals surface area contributed by atoms with Crippen LogP contribution in [0.3, 0.4) is 0 Å². The van der Waals surface area contributed by atoms with Crippen molar-refractivity contribution in [1.82, 2.24) is 13.7 Å². The quantitative estimate of drug-likeness (QED) is 0.121. The molecular formula is C138H84N6O3. The zero-order valence-corrected chi connectivity index (χ0v) is 79.4. The lowest BCUT2D eigenvalue weighted by atomic mass is 9.93. The van der Waals surface area contributed by atoms with Gasteiger partial charge in [-0.1, -0.05) is 303 Å². The average Bonchev–Trinajstić information content (AvgIpc) is 1.55. The van der Waals surface area contributed by atoms with Crippen LogP contribution in [0, 0.1) is 0 Å². The minimum Gasteiger partial charge on any atom is -0.456 e. The Morgan fingerprint density at radius 1 is 0.129 bits per heavy atom. The number of aromatic nitrogens is 3. The minimum absolute atomic E-state index is 0.878. The third-order valence-corrected chi connectivity index (χ3v) is 30.9. The maximum atomic E-state index is 6.35. The lowest BCUT2D eigenvalue weighted by Crippen LogP contribution is -2.10. The van der Waals surface area contributed by atoms with Crippen LogP contribution < -0.4 is 14.7 Å². The number of benzene rings is 24. The molecule has 0 bridgehead atoms. The van der Waals surface area contributed by atoms with Gasteiger partial charge in [0.05, 0.1) is 33.1 Å². The molecule has 0 radical (unpaired) electrons. The number of hydrogen-bond acceptors (Lipinski definition) is 6. The average molecular weight is 1870 g/mol. The standard InChI is InChI=1S/3C46H28N2O/c1-2-12-30(13-3-1)47(33-24-25-37-36-18-6-7-22-42(36)49-43(37)28-33)31-14-9-15-32(27-31)48-40-21-10-20-39-35-17-5-4-16-34(35)38-19-8-11-29-23-26-41(48)46(44(29)38)45(39)40;1-2-12-30(13-3-1)47(33-24-26-43-39(28-33)36-18-6-7-22-42(36)49-43)31-14-9-15-32(27-31)48-40-21-10-20-38-35-17-5-4-16-34(35)37-19-8-11-29-23-25-41(48)46(44(29)37)45(38)40;1-2-11-30(12-3-1)47(33-25-26-37-36-15-6-7-19-42(36)49-43(37)28-33)31-21-23-32(24-22-31)48-40-18-9-17-39-35-14-5-4-13-34(35)38-16-8-10-29-20-27-41(48)46(44(29)38)45(39)40/h3*1-28H. The smallest absolute Gasteiger partial charge is 0.137 e. The van der Waals surface area contributed by atoms with Gasteiger partial charge < -0.3 is 41.7 Å². The van der Waals surface area contributed by atoms with Gasteiger partial charge in [0.15, 0.2) is 0 Å². The third kappa shape index (κ3) is 12.5. The zero-order chi connectivity index (χ0) is 96.2. The van der Waals surface area contributed by atoms with E-state index >= 15 is 0 Å². The van der Waals surface area contributed by atoms with E-state index in [1.54, 1.807) is 0 Å². The van der Waals surface area contributed by atoms with E-state index in [1.807, 2.05) is 36.4 Å². The van der Waals surface area contributed by atoms with E-state index in [9.17, 15) is 0 Å². The summed E-state index contributed by atoms with van der Waals surface area (Å²) in [5.74, 6) is 0. The van der Waals surface area contributed by atoms with Crippen LogP contribution in [0.25, 0.3) is 247 Å². The monoisotopic (exact) mass is 1870 g/mol. The zero-order valence-electron chi connectivity index (χ0n) is 79.4. The summed E-state index contributed by atoms with van der Waals surface area (Å²) in [6.07, 6.45) is 0. The fraction of sp³-hybridized carbons (Fsp3) is 0. The van der Waals surface area contributed by atoms with Crippen molar-refractivity contribution in [2.75, 3.05) is 14.7 Å². The summed E-state index contributed by atoms with van der Waals surface area (Å²) in [6.45, 7) is 0. The Labute approximate surface area is 843 Å². The molecule has 0 amide bonds. The first-order valence-electron chi connectivity index (χ1n) is 50.3. The predicted molar refractivity (Wildman–Crippen MR) is 614 cm³/mol. The van der Waals surface area contributed by atoms with E-state index < -0.39 is 0 Å². The van der Waals surface area contributed by atoms with Crippen LogP contribution >= 0.6 is 0 Å². The Hall–Kier alpha value is -19.7. The second kappa shape index (κ2) is 32.4. The first kappa shape index (κ1) is 82.0. The number of para-hydroxylation sites is 6. The fourth-order valence-electron chi connectivity index (χ4n) is 24.7. The van der Waals surface area contributed by atoms with Gasteiger partial charge in [-0.2, -0.15) is 0 Å². The van der Waals surface area contributed by atoms with Crippen LogP contribution in [0.1, 0.15) is 0 Å². The second-order valence-electron chi connectivity index (χ2n) is 38.7. The molecular weight excluding hydrogens is 1790 g/mol. The van der Waals surface area contributed by atoms with E-state index in [0.29, 0.717) is 0 Å². The van der Waals surface area contributed by atoms with Gasteiger partial charge >= 0.3 is 0 Å². The van der Waals surface area contributed by atoms with Gasteiger partial charge in [0, 0.05) is 145 Å². The summed E-state index contributed by atoms with van der Waals surface area (Å²) in [4.78, 5) is 6.97. The molecule has 0 saturated heterocycles. The van der Waals surface area contributed by atoms with Crippen LogP contribution in [0.4, 0.5) is 51.2 Å². The van der Waals surface area contributed by atoms with Crippen LogP contribution in [-0.4, -0.2) is 13.7 Å². The number of nitrogens with zero attached hydrogens (tertiary/aromatic N) is 6. The van der Waals surface area contributed by atoms with E-state index in [1.165, 1.54) is 164 Å². The van der Waals surface area contributed by atoms with Crippen molar-refractivity contribution < 1.29 is 13.3 Å². The van der Waals surface area contributed by atoms with E-state index in [0.717, 1.165) is 134 Å². The maximum Gasteiger partial charge on any atom is 0.137 e. The number of fused-ring (bicyclic) bond motifs is 18. The first-order valence-corrected chi connectivity index (χ1v) is 50.3. The van der Waals surface area contributed by atoms with Gasteiger partial charge in [0.1, 0.15) is 33.5 Å². The molecule has 30 aromatic rings. The summed E-state index contributed by atoms with van der Waals surface area (Å²) in [6, 6.07) is 184. The molecule has 0 atom stereocenters. The highest BCUT2D eigenvalue weighted by Crippen LogP contribution is 2.56. The van der Waals surface area contributed by atoms with E-state index in [2.05, 4.69) is 502 Å². The summed E-state index contributed by atoms with van der Waals surface area (Å²) in [5, 5.41) is 22.4. The largest absolute Gasteiger partial charge is 0.456 e. The number of rotatable bonds is 12. The molecule has 6 aromatic heterocycles. The molecule has 684 valence electrons.